The predicted octanol–water partition coefficient (Wildman–Crippen LogP) is 2.46. The molecular formula is C24H33N5O3. The Bertz CT molecular complexity index is 935. The number of para-hydroxylation sites is 1. The Morgan fingerprint density at radius 2 is 2.06 bits per heavy atom. The first-order valence-electron chi connectivity index (χ1n) is 11.5. The van der Waals surface area contributed by atoms with Crippen LogP contribution in [0.15, 0.2) is 30.3 Å². The van der Waals surface area contributed by atoms with Crippen LogP contribution in [0.1, 0.15) is 43.0 Å². The number of aromatic nitrogens is 3. The van der Waals surface area contributed by atoms with E-state index in [1.54, 1.807) is 7.11 Å². The average molecular weight is 440 g/mol. The van der Waals surface area contributed by atoms with Crippen LogP contribution in [0.5, 0.6) is 5.75 Å². The van der Waals surface area contributed by atoms with Gasteiger partial charge in [-0.25, -0.2) is 0 Å². The minimum atomic E-state index is -0.163. The van der Waals surface area contributed by atoms with Gasteiger partial charge < -0.3 is 19.4 Å². The molecule has 0 unspecified atom stereocenters. The fourth-order valence-electron chi connectivity index (χ4n) is 4.38. The number of rotatable bonds is 7. The van der Waals surface area contributed by atoms with Gasteiger partial charge >= 0.3 is 0 Å². The predicted molar refractivity (Wildman–Crippen MR) is 122 cm³/mol. The van der Waals surface area contributed by atoms with Crippen molar-refractivity contribution in [2.45, 2.75) is 38.8 Å². The van der Waals surface area contributed by atoms with E-state index in [1.807, 2.05) is 25.1 Å². The Morgan fingerprint density at radius 3 is 2.88 bits per heavy atom. The molecule has 0 bridgehead atoms. The van der Waals surface area contributed by atoms with Gasteiger partial charge in [0.05, 0.1) is 13.2 Å². The summed E-state index contributed by atoms with van der Waals surface area (Å²) in [6, 6.07) is 7.86. The van der Waals surface area contributed by atoms with E-state index < -0.39 is 0 Å². The van der Waals surface area contributed by atoms with Gasteiger partial charge in [0.2, 0.25) is 5.91 Å². The molecule has 1 N–H and O–H groups in total. The molecule has 1 aromatic heterocycles. The van der Waals surface area contributed by atoms with Crippen molar-refractivity contribution < 1.29 is 14.3 Å². The summed E-state index contributed by atoms with van der Waals surface area (Å²) in [7, 11) is 1.70. The van der Waals surface area contributed by atoms with Crippen molar-refractivity contribution in [3.8, 4) is 5.75 Å². The Labute approximate surface area is 189 Å². The standard InChI is InChI=1S/C24H33N5O3/c1-18(25-24(30)20-10-16-32-17-11-20)23-27-26-22-9-13-28(14-15-29(22)23)12-5-7-19-6-3-4-8-21(19)31-2/h3-8,18,20H,9-17H2,1-2H3,(H,25,30)/b7-5+/t18-/m0/s1. The highest BCUT2D eigenvalue weighted by Crippen LogP contribution is 2.20. The van der Waals surface area contributed by atoms with Gasteiger partial charge in [-0.15, -0.1) is 10.2 Å². The second-order valence-corrected chi connectivity index (χ2v) is 8.44. The van der Waals surface area contributed by atoms with Crippen LogP contribution in [0.2, 0.25) is 0 Å². The molecule has 2 aromatic rings. The van der Waals surface area contributed by atoms with Gasteiger partial charge in [0.1, 0.15) is 11.6 Å². The number of hydrogen-bond donors (Lipinski definition) is 1. The average Bonchev–Trinajstić information content (AvgIpc) is 3.13. The summed E-state index contributed by atoms with van der Waals surface area (Å²) in [5.74, 6) is 2.83. The van der Waals surface area contributed by atoms with Crippen molar-refractivity contribution in [2.24, 2.45) is 5.92 Å². The third-order valence-corrected chi connectivity index (χ3v) is 6.29. The van der Waals surface area contributed by atoms with Crippen molar-refractivity contribution in [2.75, 3.05) is 40.0 Å². The maximum atomic E-state index is 12.6. The van der Waals surface area contributed by atoms with Crippen LogP contribution in [0.3, 0.4) is 0 Å². The minimum Gasteiger partial charge on any atom is -0.496 e. The lowest BCUT2D eigenvalue weighted by molar-refractivity contribution is -0.128. The normalized spacial score (nSPS) is 18.8. The molecule has 1 atom stereocenters. The van der Waals surface area contributed by atoms with Crippen LogP contribution in [-0.4, -0.2) is 65.5 Å². The van der Waals surface area contributed by atoms with Gasteiger partial charge in [0, 0.05) is 57.3 Å². The third kappa shape index (κ3) is 5.37. The van der Waals surface area contributed by atoms with E-state index in [1.165, 1.54) is 0 Å². The number of carbonyl (C=O) groups is 1. The van der Waals surface area contributed by atoms with Crippen LogP contribution in [0, 0.1) is 5.92 Å². The van der Waals surface area contributed by atoms with Gasteiger partial charge in [-0.1, -0.05) is 30.4 Å². The molecule has 1 aromatic carbocycles. The molecule has 0 radical (unpaired) electrons. The SMILES string of the molecule is COc1ccccc1/C=C/CN1CCc2nnc([C@H](C)NC(=O)C3CCOCC3)n2CC1. The van der Waals surface area contributed by atoms with E-state index in [2.05, 4.69) is 43.2 Å². The van der Waals surface area contributed by atoms with Crippen LogP contribution < -0.4 is 10.1 Å². The van der Waals surface area contributed by atoms with Gasteiger partial charge in [-0.2, -0.15) is 0 Å². The lowest BCUT2D eigenvalue weighted by Gasteiger charge is -2.23. The zero-order valence-electron chi connectivity index (χ0n) is 19.0. The number of ether oxygens (including phenoxy) is 2. The number of carbonyl (C=O) groups excluding carboxylic acids is 1. The van der Waals surface area contributed by atoms with Crippen molar-refractivity contribution in [1.29, 1.82) is 0 Å². The van der Waals surface area contributed by atoms with Crippen molar-refractivity contribution in [3.05, 3.63) is 47.6 Å². The second-order valence-electron chi connectivity index (χ2n) is 8.44. The third-order valence-electron chi connectivity index (χ3n) is 6.29. The maximum absolute atomic E-state index is 12.6. The Balaban J connectivity index is 1.33. The first-order valence-corrected chi connectivity index (χ1v) is 11.5. The molecule has 0 spiro atoms. The largest absolute Gasteiger partial charge is 0.496 e. The lowest BCUT2D eigenvalue weighted by Crippen LogP contribution is -2.36. The van der Waals surface area contributed by atoms with Crippen LogP contribution in [0.25, 0.3) is 6.08 Å². The summed E-state index contributed by atoms with van der Waals surface area (Å²) in [5.41, 5.74) is 1.08. The summed E-state index contributed by atoms with van der Waals surface area (Å²) < 4.78 is 13.0. The molecule has 32 heavy (non-hydrogen) atoms. The van der Waals surface area contributed by atoms with E-state index in [9.17, 15) is 4.79 Å². The van der Waals surface area contributed by atoms with Gasteiger partial charge in [0.15, 0.2) is 5.82 Å². The summed E-state index contributed by atoms with van der Waals surface area (Å²) in [4.78, 5) is 15.0. The number of benzene rings is 1. The molecule has 2 aliphatic heterocycles. The maximum Gasteiger partial charge on any atom is 0.223 e. The van der Waals surface area contributed by atoms with Crippen molar-refractivity contribution in [1.82, 2.24) is 25.0 Å². The molecule has 3 heterocycles. The number of nitrogens with zero attached hydrogens (tertiary/aromatic N) is 4. The topological polar surface area (TPSA) is 81.5 Å². The molecule has 1 fully saturated rings. The Hall–Kier alpha value is -2.71. The quantitative estimate of drug-likeness (QED) is 0.714. The van der Waals surface area contributed by atoms with E-state index in [0.29, 0.717) is 13.2 Å². The number of fused-ring (bicyclic) bond motifs is 1. The molecule has 8 heteroatoms. The monoisotopic (exact) mass is 439 g/mol. The van der Waals surface area contributed by atoms with Gasteiger partial charge in [0.25, 0.3) is 0 Å². The molecular weight excluding hydrogens is 406 g/mol. The number of hydrogen-bond acceptors (Lipinski definition) is 6. The lowest BCUT2D eigenvalue weighted by atomic mass is 9.99. The summed E-state index contributed by atoms with van der Waals surface area (Å²) in [5, 5.41) is 12.0. The second kappa shape index (κ2) is 10.7. The van der Waals surface area contributed by atoms with Crippen molar-refractivity contribution >= 4 is 12.0 Å². The number of methoxy groups -OCH3 is 1. The highest BCUT2D eigenvalue weighted by atomic mass is 16.5. The molecule has 1 amide bonds. The first-order chi connectivity index (χ1) is 15.7. The highest BCUT2D eigenvalue weighted by molar-refractivity contribution is 5.79. The zero-order valence-corrected chi connectivity index (χ0v) is 19.0. The van der Waals surface area contributed by atoms with Crippen LogP contribution >= 0.6 is 0 Å². The summed E-state index contributed by atoms with van der Waals surface area (Å²) >= 11 is 0. The molecule has 2 aliphatic rings. The molecule has 0 saturated carbocycles. The Kier molecular flexibility index (Phi) is 7.55. The summed E-state index contributed by atoms with van der Waals surface area (Å²) in [6.07, 6.45) is 6.71. The molecule has 4 rings (SSSR count). The number of nitrogens with one attached hydrogen (secondary N) is 1. The number of amides is 1. The van der Waals surface area contributed by atoms with E-state index >= 15 is 0 Å². The first kappa shape index (κ1) is 22.5. The molecule has 0 aliphatic carbocycles. The molecule has 1 saturated heterocycles. The van der Waals surface area contributed by atoms with Gasteiger partial charge in [-0.05, 0) is 25.8 Å². The molecule has 172 valence electrons. The van der Waals surface area contributed by atoms with Crippen LogP contribution in [0.4, 0.5) is 0 Å². The fourth-order valence-corrected chi connectivity index (χ4v) is 4.38. The van der Waals surface area contributed by atoms with Crippen molar-refractivity contribution in [3.63, 3.8) is 0 Å². The van der Waals surface area contributed by atoms with Gasteiger partial charge in [-0.3, -0.25) is 9.69 Å². The highest BCUT2D eigenvalue weighted by Gasteiger charge is 2.26. The zero-order chi connectivity index (χ0) is 22.3. The van der Waals surface area contributed by atoms with Crippen LogP contribution in [-0.2, 0) is 22.5 Å². The van der Waals surface area contributed by atoms with E-state index in [0.717, 1.165) is 68.4 Å². The fraction of sp³-hybridized carbons (Fsp3) is 0.542. The van der Waals surface area contributed by atoms with E-state index in [4.69, 9.17) is 9.47 Å². The minimum absolute atomic E-state index is 0.0308. The van der Waals surface area contributed by atoms with E-state index in [-0.39, 0.29) is 17.9 Å². The molecule has 8 nitrogen and oxygen atoms in total. The Morgan fingerprint density at radius 1 is 1.25 bits per heavy atom. The smallest absolute Gasteiger partial charge is 0.223 e. The summed E-state index contributed by atoms with van der Waals surface area (Å²) in [6.45, 7) is 6.83.